The Kier molecular flexibility index (Phi) is 4.17. The summed E-state index contributed by atoms with van der Waals surface area (Å²) in [6.07, 6.45) is 3.54. The maximum atomic E-state index is 11.6. The van der Waals surface area contributed by atoms with Crippen LogP contribution in [0.15, 0.2) is 30.3 Å². The Hall–Kier alpha value is -1.79. The molecule has 0 bridgehead atoms. The molecule has 17 heavy (non-hydrogen) atoms. The highest BCUT2D eigenvalue weighted by atomic mass is 16.2. The SMILES string of the molecule is O=C(C#Cc1ccccc1)NN1CCCCC1. The molecule has 0 aromatic heterocycles. The summed E-state index contributed by atoms with van der Waals surface area (Å²) in [5.74, 6) is 5.22. The summed E-state index contributed by atoms with van der Waals surface area (Å²) in [6, 6.07) is 9.53. The van der Waals surface area contributed by atoms with Crippen molar-refractivity contribution in [3.05, 3.63) is 35.9 Å². The second-order valence-electron chi connectivity index (χ2n) is 4.10. The van der Waals surface area contributed by atoms with Crippen LogP contribution in [0.3, 0.4) is 0 Å². The number of carbonyl (C=O) groups is 1. The molecule has 1 amide bonds. The Balaban J connectivity index is 1.87. The third-order valence-electron chi connectivity index (χ3n) is 2.71. The summed E-state index contributed by atoms with van der Waals surface area (Å²) in [6.45, 7) is 1.86. The van der Waals surface area contributed by atoms with Gasteiger partial charge in [-0.05, 0) is 25.0 Å². The van der Waals surface area contributed by atoms with Crippen LogP contribution in [0.5, 0.6) is 0 Å². The normalized spacial score (nSPS) is 15.8. The van der Waals surface area contributed by atoms with Gasteiger partial charge in [0.05, 0.1) is 0 Å². The van der Waals surface area contributed by atoms with Crippen molar-refractivity contribution in [1.82, 2.24) is 10.4 Å². The first kappa shape index (κ1) is 11.7. The summed E-state index contributed by atoms with van der Waals surface area (Å²) in [5.41, 5.74) is 3.67. The molecule has 1 heterocycles. The molecular weight excluding hydrogens is 212 g/mol. The van der Waals surface area contributed by atoms with Crippen molar-refractivity contribution in [2.45, 2.75) is 19.3 Å². The monoisotopic (exact) mass is 228 g/mol. The van der Waals surface area contributed by atoms with Crippen molar-refractivity contribution < 1.29 is 4.79 Å². The zero-order valence-corrected chi connectivity index (χ0v) is 9.78. The van der Waals surface area contributed by atoms with E-state index in [-0.39, 0.29) is 5.91 Å². The Bertz CT molecular complexity index is 425. The number of hydrogen-bond acceptors (Lipinski definition) is 2. The number of amides is 1. The molecule has 1 aromatic carbocycles. The molecule has 0 atom stereocenters. The van der Waals surface area contributed by atoms with Gasteiger partial charge in [0.2, 0.25) is 0 Å². The van der Waals surface area contributed by atoms with Gasteiger partial charge >= 0.3 is 5.91 Å². The number of nitrogens with one attached hydrogen (secondary N) is 1. The number of piperidine rings is 1. The van der Waals surface area contributed by atoms with E-state index in [4.69, 9.17) is 0 Å². The highest BCUT2D eigenvalue weighted by molar-refractivity contribution is 5.93. The maximum absolute atomic E-state index is 11.6. The number of nitrogens with zero attached hydrogens (tertiary/aromatic N) is 1. The third kappa shape index (κ3) is 3.93. The van der Waals surface area contributed by atoms with E-state index < -0.39 is 0 Å². The first-order valence-electron chi connectivity index (χ1n) is 5.97. The van der Waals surface area contributed by atoms with Crippen molar-refractivity contribution in [2.24, 2.45) is 0 Å². The van der Waals surface area contributed by atoms with Crippen molar-refractivity contribution in [3.63, 3.8) is 0 Å². The van der Waals surface area contributed by atoms with Gasteiger partial charge in [-0.1, -0.05) is 30.5 Å². The molecule has 1 aliphatic heterocycles. The largest absolute Gasteiger partial charge is 0.310 e. The number of rotatable bonds is 1. The van der Waals surface area contributed by atoms with Crippen LogP contribution in [0, 0.1) is 11.8 Å². The molecule has 1 saturated heterocycles. The molecule has 0 spiro atoms. The van der Waals surface area contributed by atoms with E-state index in [0.29, 0.717) is 0 Å². The fourth-order valence-electron chi connectivity index (χ4n) is 1.83. The Morgan fingerprint density at radius 1 is 1.12 bits per heavy atom. The van der Waals surface area contributed by atoms with Crippen LogP contribution in [-0.2, 0) is 4.79 Å². The van der Waals surface area contributed by atoms with E-state index in [1.807, 2.05) is 35.3 Å². The van der Waals surface area contributed by atoms with Gasteiger partial charge in [0.15, 0.2) is 0 Å². The van der Waals surface area contributed by atoms with Crippen molar-refractivity contribution in [3.8, 4) is 11.8 Å². The molecule has 88 valence electrons. The van der Waals surface area contributed by atoms with Gasteiger partial charge in [-0.15, -0.1) is 0 Å². The van der Waals surface area contributed by atoms with Crippen LogP contribution in [0.2, 0.25) is 0 Å². The topological polar surface area (TPSA) is 32.3 Å². The Morgan fingerprint density at radius 3 is 2.53 bits per heavy atom. The minimum Gasteiger partial charge on any atom is -0.278 e. The summed E-state index contributed by atoms with van der Waals surface area (Å²) in [4.78, 5) is 11.6. The van der Waals surface area contributed by atoms with Gasteiger partial charge in [0.1, 0.15) is 0 Å². The van der Waals surface area contributed by atoms with Crippen LogP contribution in [0.1, 0.15) is 24.8 Å². The minimum atomic E-state index is -0.226. The molecule has 3 nitrogen and oxygen atoms in total. The highest BCUT2D eigenvalue weighted by Crippen LogP contribution is 2.05. The van der Waals surface area contributed by atoms with Gasteiger partial charge in [0.25, 0.3) is 0 Å². The van der Waals surface area contributed by atoms with Crippen molar-refractivity contribution in [2.75, 3.05) is 13.1 Å². The van der Waals surface area contributed by atoms with E-state index in [0.717, 1.165) is 31.5 Å². The molecule has 1 N–H and O–H groups in total. The van der Waals surface area contributed by atoms with E-state index in [2.05, 4.69) is 17.3 Å². The smallest absolute Gasteiger partial charge is 0.278 e. The van der Waals surface area contributed by atoms with E-state index >= 15 is 0 Å². The lowest BCUT2D eigenvalue weighted by atomic mass is 10.2. The summed E-state index contributed by atoms with van der Waals surface area (Å²) in [5, 5.41) is 1.95. The molecule has 0 aliphatic carbocycles. The second-order valence-corrected chi connectivity index (χ2v) is 4.10. The standard InChI is InChI=1S/C14H16N2O/c17-14(15-16-11-5-2-6-12-16)10-9-13-7-3-1-4-8-13/h1,3-4,7-8H,2,5-6,11-12H2,(H,15,17). The van der Waals surface area contributed by atoms with E-state index in [1.165, 1.54) is 6.42 Å². The van der Waals surface area contributed by atoms with Crippen molar-refractivity contribution >= 4 is 5.91 Å². The minimum absolute atomic E-state index is 0.226. The molecule has 0 unspecified atom stereocenters. The summed E-state index contributed by atoms with van der Waals surface area (Å²) >= 11 is 0. The molecule has 0 saturated carbocycles. The predicted molar refractivity (Wildman–Crippen MR) is 66.9 cm³/mol. The number of hydrogen-bond donors (Lipinski definition) is 1. The first-order chi connectivity index (χ1) is 8.34. The quantitative estimate of drug-likeness (QED) is 0.740. The molecule has 1 aliphatic rings. The first-order valence-corrected chi connectivity index (χ1v) is 5.97. The molecule has 1 fully saturated rings. The van der Waals surface area contributed by atoms with Crippen molar-refractivity contribution in [1.29, 1.82) is 0 Å². The van der Waals surface area contributed by atoms with Gasteiger partial charge in [-0.3, -0.25) is 10.2 Å². The van der Waals surface area contributed by atoms with Gasteiger partial charge in [0, 0.05) is 24.6 Å². The number of benzene rings is 1. The van der Waals surface area contributed by atoms with Gasteiger partial charge < -0.3 is 0 Å². The zero-order chi connectivity index (χ0) is 11.9. The fourth-order valence-corrected chi connectivity index (χ4v) is 1.83. The molecule has 1 aromatic rings. The highest BCUT2D eigenvalue weighted by Gasteiger charge is 2.10. The lowest BCUT2D eigenvalue weighted by molar-refractivity contribution is -0.120. The van der Waals surface area contributed by atoms with Crippen LogP contribution >= 0.6 is 0 Å². The van der Waals surface area contributed by atoms with Crippen LogP contribution in [0.25, 0.3) is 0 Å². The van der Waals surface area contributed by atoms with E-state index in [1.54, 1.807) is 0 Å². The fraction of sp³-hybridized carbons (Fsp3) is 0.357. The number of carbonyl (C=O) groups excluding carboxylic acids is 1. The average molecular weight is 228 g/mol. The van der Waals surface area contributed by atoms with Gasteiger partial charge in [-0.2, -0.15) is 0 Å². The average Bonchev–Trinajstić information content (AvgIpc) is 2.39. The molecule has 2 rings (SSSR count). The molecule has 0 radical (unpaired) electrons. The Morgan fingerprint density at radius 2 is 1.82 bits per heavy atom. The molecule has 3 heteroatoms. The summed E-state index contributed by atoms with van der Waals surface area (Å²) < 4.78 is 0. The zero-order valence-electron chi connectivity index (χ0n) is 9.78. The summed E-state index contributed by atoms with van der Waals surface area (Å²) in [7, 11) is 0. The Labute approximate surface area is 102 Å². The lowest BCUT2D eigenvalue weighted by Gasteiger charge is -2.25. The maximum Gasteiger partial charge on any atom is 0.310 e. The van der Waals surface area contributed by atoms with E-state index in [9.17, 15) is 4.79 Å². The number of hydrazine groups is 1. The van der Waals surface area contributed by atoms with Crippen LogP contribution < -0.4 is 5.43 Å². The molecular formula is C14H16N2O. The lowest BCUT2D eigenvalue weighted by Crippen LogP contribution is -2.44. The third-order valence-corrected chi connectivity index (χ3v) is 2.71. The van der Waals surface area contributed by atoms with Crippen LogP contribution in [-0.4, -0.2) is 24.0 Å². The second kappa shape index (κ2) is 6.07. The van der Waals surface area contributed by atoms with Crippen LogP contribution in [0.4, 0.5) is 0 Å². The predicted octanol–water partition coefficient (Wildman–Crippen LogP) is 1.56. The van der Waals surface area contributed by atoms with Gasteiger partial charge in [-0.25, -0.2) is 5.01 Å².